The van der Waals surface area contributed by atoms with E-state index >= 15 is 0 Å². The maximum atomic E-state index is 4.77. The van der Waals surface area contributed by atoms with E-state index in [-0.39, 0.29) is 0 Å². The van der Waals surface area contributed by atoms with Gasteiger partial charge in [0.05, 0.1) is 0 Å². The van der Waals surface area contributed by atoms with Crippen molar-refractivity contribution in [3.63, 3.8) is 0 Å². The summed E-state index contributed by atoms with van der Waals surface area (Å²) in [4.78, 5) is 11.1. The highest BCUT2D eigenvalue weighted by Crippen LogP contribution is 2.40. The van der Waals surface area contributed by atoms with Crippen molar-refractivity contribution in [2.24, 2.45) is 0 Å². The minimum atomic E-state index is 0.376. The van der Waals surface area contributed by atoms with Crippen LogP contribution in [-0.4, -0.2) is 31.6 Å². The van der Waals surface area contributed by atoms with E-state index in [1.54, 1.807) is 12.4 Å². The van der Waals surface area contributed by atoms with Crippen LogP contribution < -0.4 is 4.90 Å². The molecule has 0 fully saturated rings. The van der Waals surface area contributed by atoms with Gasteiger partial charge in [-0.15, -0.1) is 10.2 Å². The smallest absolute Gasteiger partial charge is 0.171 e. The van der Waals surface area contributed by atoms with Crippen LogP contribution in [0.25, 0.3) is 17.0 Å². The summed E-state index contributed by atoms with van der Waals surface area (Å²) in [6.07, 6.45) is 6.24. The molecule has 0 spiro atoms. The minimum absolute atomic E-state index is 0.376. The molecule has 0 saturated carbocycles. The molecule has 4 aromatic rings. The molecule has 1 unspecified atom stereocenters. The number of rotatable bonds is 1. The molecule has 1 aliphatic rings. The monoisotopic (exact) mass is 342 g/mol. The van der Waals surface area contributed by atoms with Gasteiger partial charge in [0.15, 0.2) is 11.5 Å². The van der Waals surface area contributed by atoms with E-state index in [2.05, 4.69) is 58.3 Å². The van der Waals surface area contributed by atoms with Crippen molar-refractivity contribution in [2.75, 3.05) is 11.9 Å². The highest BCUT2D eigenvalue weighted by atomic mass is 15.3. The summed E-state index contributed by atoms with van der Waals surface area (Å²) >= 11 is 0. The Morgan fingerprint density at radius 1 is 1.08 bits per heavy atom. The molecule has 0 amide bonds. The Labute approximate surface area is 151 Å². The molecule has 0 bridgehead atoms. The van der Waals surface area contributed by atoms with Crippen LogP contribution in [0.2, 0.25) is 0 Å². The third-order valence-corrected chi connectivity index (χ3v) is 5.11. The maximum Gasteiger partial charge on any atom is 0.171 e. The van der Waals surface area contributed by atoms with Gasteiger partial charge in [-0.2, -0.15) is 0 Å². The van der Waals surface area contributed by atoms with Crippen molar-refractivity contribution in [1.29, 1.82) is 0 Å². The fraction of sp³-hybridized carbons (Fsp3) is 0.200. The van der Waals surface area contributed by atoms with E-state index in [9.17, 15) is 0 Å². The van der Waals surface area contributed by atoms with E-state index in [1.165, 1.54) is 11.3 Å². The largest absolute Gasteiger partial charge is 0.329 e. The normalized spacial score (nSPS) is 16.2. The van der Waals surface area contributed by atoms with Crippen LogP contribution in [0.1, 0.15) is 24.0 Å². The van der Waals surface area contributed by atoms with Crippen molar-refractivity contribution >= 4 is 17.2 Å². The second kappa shape index (κ2) is 5.62. The minimum Gasteiger partial charge on any atom is -0.329 e. The third-order valence-electron chi connectivity index (χ3n) is 5.11. The molecule has 26 heavy (non-hydrogen) atoms. The van der Waals surface area contributed by atoms with Gasteiger partial charge in [0, 0.05) is 36.3 Å². The zero-order valence-corrected chi connectivity index (χ0v) is 14.7. The fourth-order valence-electron chi connectivity index (χ4n) is 3.80. The number of nitrogens with zero attached hydrogens (tertiary/aromatic N) is 6. The maximum absolute atomic E-state index is 4.77. The Balaban J connectivity index is 1.73. The SMILES string of the molecule is CC1Cc2c(ncn3c(-c4cccnc4)nnc23)N(C)c2ccccc21. The number of benzene rings is 1. The summed E-state index contributed by atoms with van der Waals surface area (Å²) in [7, 11) is 2.07. The molecular weight excluding hydrogens is 324 g/mol. The quantitative estimate of drug-likeness (QED) is 0.529. The molecule has 0 radical (unpaired) electrons. The van der Waals surface area contributed by atoms with E-state index in [4.69, 9.17) is 4.98 Å². The van der Waals surface area contributed by atoms with E-state index in [0.717, 1.165) is 34.8 Å². The summed E-state index contributed by atoms with van der Waals surface area (Å²) in [5.74, 6) is 2.08. The summed E-state index contributed by atoms with van der Waals surface area (Å²) in [5.41, 5.74) is 5.45. The second-order valence-electron chi connectivity index (χ2n) is 6.73. The average molecular weight is 342 g/mol. The molecule has 0 aliphatic carbocycles. The Hall–Kier alpha value is -3.28. The Morgan fingerprint density at radius 3 is 2.81 bits per heavy atom. The van der Waals surface area contributed by atoms with Gasteiger partial charge in [0.25, 0.3) is 0 Å². The van der Waals surface area contributed by atoms with Crippen LogP contribution in [-0.2, 0) is 6.42 Å². The Bertz CT molecular complexity index is 1100. The number of fused-ring (bicyclic) bond motifs is 4. The van der Waals surface area contributed by atoms with Gasteiger partial charge in [-0.3, -0.25) is 9.38 Å². The first-order valence-electron chi connectivity index (χ1n) is 8.69. The lowest BCUT2D eigenvalue weighted by atomic mass is 9.94. The first kappa shape index (κ1) is 15.0. The van der Waals surface area contributed by atoms with Gasteiger partial charge in [-0.25, -0.2) is 4.98 Å². The average Bonchev–Trinajstić information content (AvgIpc) is 3.08. The Morgan fingerprint density at radius 2 is 1.96 bits per heavy atom. The van der Waals surface area contributed by atoms with Crippen LogP contribution >= 0.6 is 0 Å². The van der Waals surface area contributed by atoms with Crippen molar-refractivity contribution in [1.82, 2.24) is 24.6 Å². The predicted octanol–water partition coefficient (Wildman–Crippen LogP) is 3.61. The van der Waals surface area contributed by atoms with Crippen molar-refractivity contribution in [2.45, 2.75) is 19.3 Å². The Kier molecular flexibility index (Phi) is 3.25. The van der Waals surface area contributed by atoms with Crippen LogP contribution in [0.5, 0.6) is 0 Å². The van der Waals surface area contributed by atoms with Gasteiger partial charge < -0.3 is 4.90 Å². The number of anilines is 2. The van der Waals surface area contributed by atoms with Crippen LogP contribution in [0.3, 0.4) is 0 Å². The number of aromatic nitrogens is 5. The number of pyridine rings is 1. The van der Waals surface area contributed by atoms with E-state index in [0.29, 0.717) is 5.92 Å². The fourth-order valence-corrected chi connectivity index (χ4v) is 3.80. The number of hydrogen-bond donors (Lipinski definition) is 0. The van der Waals surface area contributed by atoms with Crippen molar-refractivity contribution < 1.29 is 0 Å². The van der Waals surface area contributed by atoms with Crippen molar-refractivity contribution in [3.05, 3.63) is 66.2 Å². The van der Waals surface area contributed by atoms with E-state index in [1.807, 2.05) is 22.9 Å². The zero-order valence-electron chi connectivity index (χ0n) is 14.7. The molecule has 1 aromatic carbocycles. The summed E-state index contributed by atoms with van der Waals surface area (Å²) in [6.45, 7) is 2.25. The van der Waals surface area contributed by atoms with Crippen molar-refractivity contribution in [3.8, 4) is 11.4 Å². The first-order valence-corrected chi connectivity index (χ1v) is 8.69. The van der Waals surface area contributed by atoms with Gasteiger partial charge in [-0.05, 0) is 36.1 Å². The number of hydrogen-bond acceptors (Lipinski definition) is 5. The molecule has 0 saturated heterocycles. The van der Waals surface area contributed by atoms with Gasteiger partial charge in [0.1, 0.15) is 12.1 Å². The summed E-state index contributed by atoms with van der Waals surface area (Å²) in [5, 5.41) is 8.92. The molecule has 5 rings (SSSR count). The van der Waals surface area contributed by atoms with E-state index < -0.39 is 0 Å². The van der Waals surface area contributed by atoms with Crippen LogP contribution in [0, 0.1) is 0 Å². The van der Waals surface area contributed by atoms with Crippen LogP contribution in [0.4, 0.5) is 11.5 Å². The summed E-state index contributed by atoms with van der Waals surface area (Å²) in [6, 6.07) is 12.4. The molecule has 1 aliphatic heterocycles. The highest BCUT2D eigenvalue weighted by molar-refractivity contribution is 5.74. The second-order valence-corrected chi connectivity index (χ2v) is 6.73. The molecule has 4 heterocycles. The lowest BCUT2D eigenvalue weighted by Gasteiger charge is -2.21. The molecule has 6 nitrogen and oxygen atoms in total. The molecule has 3 aromatic heterocycles. The standard InChI is InChI=1S/C20H18N6/c1-13-10-16-19(25(2)17-8-4-3-7-15(13)17)22-12-26-18(23-24-20(16)26)14-6-5-9-21-11-14/h3-9,11-13H,10H2,1-2H3. The first-order chi connectivity index (χ1) is 12.7. The van der Waals surface area contributed by atoms with Gasteiger partial charge in [0.2, 0.25) is 0 Å². The number of para-hydroxylation sites is 1. The van der Waals surface area contributed by atoms with Gasteiger partial charge >= 0.3 is 0 Å². The lowest BCUT2D eigenvalue weighted by molar-refractivity contribution is 0.766. The molecule has 128 valence electrons. The molecule has 1 atom stereocenters. The third kappa shape index (κ3) is 2.12. The van der Waals surface area contributed by atoms with Gasteiger partial charge in [-0.1, -0.05) is 25.1 Å². The molecular formula is C20H18N6. The predicted molar refractivity (Wildman–Crippen MR) is 101 cm³/mol. The summed E-state index contributed by atoms with van der Waals surface area (Å²) < 4.78 is 1.96. The molecule has 6 heteroatoms. The topological polar surface area (TPSA) is 59.2 Å². The highest BCUT2D eigenvalue weighted by Gasteiger charge is 2.26. The lowest BCUT2D eigenvalue weighted by Crippen LogP contribution is -2.14. The zero-order chi connectivity index (χ0) is 17.7. The van der Waals surface area contributed by atoms with Crippen LogP contribution in [0.15, 0.2) is 55.1 Å². The molecule has 0 N–H and O–H groups in total.